The number of halogens is 5. The van der Waals surface area contributed by atoms with E-state index in [1.54, 1.807) is 11.0 Å². The first-order valence-electron chi connectivity index (χ1n) is 12.4. The average Bonchev–Trinajstić information content (AvgIpc) is 2.95. The lowest BCUT2D eigenvalue weighted by Gasteiger charge is -2.40. The van der Waals surface area contributed by atoms with Crippen LogP contribution < -0.4 is 15.0 Å². The summed E-state index contributed by atoms with van der Waals surface area (Å²) < 4.78 is 97.3. The highest BCUT2D eigenvalue weighted by Gasteiger charge is 2.41. The van der Waals surface area contributed by atoms with E-state index in [4.69, 9.17) is 0 Å². The predicted molar refractivity (Wildman–Crippen MR) is 138 cm³/mol. The molecule has 1 saturated heterocycles. The van der Waals surface area contributed by atoms with Crippen molar-refractivity contribution >= 4 is 21.7 Å². The van der Waals surface area contributed by atoms with Gasteiger partial charge in [0.1, 0.15) is 23.9 Å². The van der Waals surface area contributed by atoms with E-state index >= 15 is 0 Å². The molecule has 1 fully saturated rings. The van der Waals surface area contributed by atoms with Crippen molar-refractivity contribution in [2.75, 3.05) is 24.5 Å². The number of carbonyl (C=O) groups is 1. The highest BCUT2D eigenvalue weighted by Crippen LogP contribution is 2.31. The van der Waals surface area contributed by atoms with Crippen LogP contribution in [-0.4, -0.2) is 60.6 Å². The van der Waals surface area contributed by atoms with Crippen LogP contribution in [0.3, 0.4) is 0 Å². The number of nitrogens with zero attached hydrogens (tertiary/aromatic N) is 4. The molecule has 4 rings (SSSR count). The minimum Gasteiger partial charge on any atom is -0.406 e. The number of alkyl halides is 5. The maximum atomic E-state index is 13.9. The Morgan fingerprint density at radius 3 is 2.29 bits per heavy atom. The highest BCUT2D eigenvalue weighted by atomic mass is 32.2. The molecule has 9 nitrogen and oxygen atoms in total. The smallest absolute Gasteiger partial charge is 0.406 e. The van der Waals surface area contributed by atoms with Crippen molar-refractivity contribution < 1.29 is 39.9 Å². The molecule has 0 bridgehead atoms. The fourth-order valence-corrected chi connectivity index (χ4v) is 5.84. The molecule has 3 aromatic rings. The summed E-state index contributed by atoms with van der Waals surface area (Å²) in [6.07, 6.45) is -2.51. The largest absolute Gasteiger partial charge is 0.573 e. The van der Waals surface area contributed by atoms with Crippen molar-refractivity contribution in [1.29, 1.82) is 0 Å². The van der Waals surface area contributed by atoms with Crippen LogP contribution in [-0.2, 0) is 27.3 Å². The van der Waals surface area contributed by atoms with Gasteiger partial charge in [-0.05, 0) is 35.9 Å². The molecule has 2 aromatic carbocycles. The number of amides is 1. The number of anilines is 1. The van der Waals surface area contributed by atoms with Crippen LogP contribution in [0.15, 0.2) is 72.0 Å². The number of hydrogen-bond acceptors (Lipinski definition) is 7. The van der Waals surface area contributed by atoms with Crippen molar-refractivity contribution in [3.05, 3.63) is 78.2 Å². The normalized spacial score (nSPS) is 16.8. The van der Waals surface area contributed by atoms with Gasteiger partial charge in [-0.2, -0.15) is 4.31 Å². The average molecular weight is 600 g/mol. The van der Waals surface area contributed by atoms with E-state index in [-0.39, 0.29) is 43.1 Å². The summed E-state index contributed by atoms with van der Waals surface area (Å²) in [4.78, 5) is 22.8. The molecule has 1 N–H and O–H groups in total. The van der Waals surface area contributed by atoms with Crippen LogP contribution in [0.2, 0.25) is 0 Å². The molecular formula is C26H26F5N5O4S. The number of carbonyl (C=O) groups excluding carboxylic acids is 1. The van der Waals surface area contributed by atoms with Crippen LogP contribution in [0.4, 0.5) is 27.8 Å². The first kappa shape index (κ1) is 30.1. The number of piperazine rings is 1. The van der Waals surface area contributed by atoms with E-state index in [1.165, 1.54) is 43.7 Å². The fourth-order valence-electron chi connectivity index (χ4n) is 4.27. The van der Waals surface area contributed by atoms with Gasteiger partial charge in [-0.15, -0.1) is 13.2 Å². The summed E-state index contributed by atoms with van der Waals surface area (Å²) in [6.45, 7) is 1.26. The van der Waals surface area contributed by atoms with Crippen molar-refractivity contribution in [3.8, 4) is 5.75 Å². The molecule has 2 heterocycles. The van der Waals surface area contributed by atoms with Gasteiger partial charge in [0.2, 0.25) is 15.9 Å². The number of aromatic nitrogens is 2. The minimum atomic E-state index is -4.95. The lowest BCUT2D eigenvalue weighted by atomic mass is 10.0. The molecule has 0 radical (unpaired) electrons. The van der Waals surface area contributed by atoms with E-state index < -0.39 is 40.0 Å². The molecule has 1 aliphatic heterocycles. The van der Waals surface area contributed by atoms with Gasteiger partial charge in [0.05, 0.1) is 4.90 Å². The Labute approximate surface area is 233 Å². The number of hydrogen-bond donors (Lipinski definition) is 1. The molecule has 0 aliphatic carbocycles. The Bertz CT molecular complexity index is 1440. The molecule has 1 aliphatic rings. The zero-order valence-electron chi connectivity index (χ0n) is 21.7. The summed E-state index contributed by atoms with van der Waals surface area (Å²) in [5, 5.41) is 2.66. The molecule has 0 saturated carbocycles. The SMILES string of the molecule is CCC(F)(F)c1ccc(CNC(=O)[C@H]2CN(c3ccncn3)CCN2S(=O)(=O)c2ccc(OC(F)(F)F)cc2)cc1. The maximum absolute atomic E-state index is 13.9. The molecule has 220 valence electrons. The minimum absolute atomic E-state index is 0.0574. The second-order valence-corrected chi connectivity index (χ2v) is 11.0. The van der Waals surface area contributed by atoms with Gasteiger partial charge in [0, 0.05) is 44.4 Å². The van der Waals surface area contributed by atoms with Gasteiger partial charge in [-0.3, -0.25) is 4.79 Å². The molecule has 15 heteroatoms. The third-order valence-electron chi connectivity index (χ3n) is 6.48. The van der Waals surface area contributed by atoms with Crippen LogP contribution >= 0.6 is 0 Å². The lowest BCUT2D eigenvalue weighted by molar-refractivity contribution is -0.274. The third kappa shape index (κ3) is 7.27. The zero-order valence-corrected chi connectivity index (χ0v) is 22.5. The van der Waals surface area contributed by atoms with Gasteiger partial charge < -0.3 is 15.0 Å². The van der Waals surface area contributed by atoms with E-state index in [0.29, 0.717) is 11.4 Å². The van der Waals surface area contributed by atoms with Gasteiger partial charge in [0.25, 0.3) is 5.92 Å². The maximum Gasteiger partial charge on any atom is 0.573 e. The molecule has 1 aromatic heterocycles. The Morgan fingerprint density at radius 1 is 1.02 bits per heavy atom. The topological polar surface area (TPSA) is 105 Å². The molecule has 1 atom stereocenters. The Kier molecular flexibility index (Phi) is 8.77. The van der Waals surface area contributed by atoms with Gasteiger partial charge >= 0.3 is 6.36 Å². The standard InChI is InChI=1S/C26H26F5N5O4S/c1-2-25(27,28)19-5-3-18(4-6-19)15-33-24(37)22-16-35(23-11-12-32-17-34-23)13-14-36(22)41(38,39)21-9-7-20(8-10-21)40-26(29,30)31/h3-12,17,22H,2,13-16H2,1H3,(H,33,37)/t22-/m1/s1. The number of nitrogens with one attached hydrogen (secondary N) is 1. The van der Waals surface area contributed by atoms with Crippen LogP contribution in [0, 0.1) is 0 Å². The summed E-state index contributed by atoms with van der Waals surface area (Å²) in [5.74, 6) is -3.77. The molecule has 41 heavy (non-hydrogen) atoms. The second kappa shape index (κ2) is 11.9. The van der Waals surface area contributed by atoms with E-state index in [2.05, 4.69) is 20.0 Å². The van der Waals surface area contributed by atoms with E-state index in [1.807, 2.05) is 0 Å². The second-order valence-electron chi connectivity index (χ2n) is 9.14. The lowest BCUT2D eigenvalue weighted by Crippen LogP contribution is -2.60. The zero-order chi connectivity index (χ0) is 29.8. The highest BCUT2D eigenvalue weighted by molar-refractivity contribution is 7.89. The first-order valence-corrected chi connectivity index (χ1v) is 13.9. The van der Waals surface area contributed by atoms with Gasteiger partial charge in [-0.1, -0.05) is 31.2 Å². The van der Waals surface area contributed by atoms with Crippen LogP contribution in [0.1, 0.15) is 24.5 Å². The number of ether oxygens (including phenoxy) is 1. The van der Waals surface area contributed by atoms with Crippen molar-refractivity contribution in [2.45, 2.75) is 43.1 Å². The van der Waals surface area contributed by atoms with Crippen molar-refractivity contribution in [2.24, 2.45) is 0 Å². The quantitative estimate of drug-likeness (QED) is 0.370. The Hall–Kier alpha value is -3.85. The van der Waals surface area contributed by atoms with Gasteiger partial charge in [-0.25, -0.2) is 27.2 Å². The Morgan fingerprint density at radius 2 is 1.71 bits per heavy atom. The van der Waals surface area contributed by atoms with E-state index in [0.717, 1.165) is 28.6 Å². The number of rotatable bonds is 9. The summed E-state index contributed by atoms with van der Waals surface area (Å²) in [5.41, 5.74) is 0.360. The van der Waals surface area contributed by atoms with Crippen molar-refractivity contribution in [3.63, 3.8) is 0 Å². The summed E-state index contributed by atoms with van der Waals surface area (Å²) >= 11 is 0. The summed E-state index contributed by atoms with van der Waals surface area (Å²) in [6, 6.07) is 9.47. The number of benzene rings is 2. The predicted octanol–water partition coefficient (Wildman–Crippen LogP) is 4.07. The fraction of sp³-hybridized carbons (Fsp3) is 0.346. The monoisotopic (exact) mass is 599 g/mol. The number of sulfonamides is 1. The molecule has 0 spiro atoms. The van der Waals surface area contributed by atoms with Crippen LogP contribution in [0.5, 0.6) is 5.75 Å². The van der Waals surface area contributed by atoms with Crippen LogP contribution in [0.25, 0.3) is 0 Å². The van der Waals surface area contributed by atoms with Crippen molar-refractivity contribution in [1.82, 2.24) is 19.6 Å². The summed E-state index contributed by atoms with van der Waals surface area (Å²) in [7, 11) is -4.34. The third-order valence-corrected chi connectivity index (χ3v) is 8.40. The first-order chi connectivity index (χ1) is 19.3. The molecular weight excluding hydrogens is 573 g/mol. The molecule has 1 amide bonds. The molecule has 0 unspecified atom stereocenters. The van der Waals surface area contributed by atoms with Gasteiger partial charge in [0.15, 0.2) is 0 Å². The van der Waals surface area contributed by atoms with E-state index in [9.17, 15) is 35.2 Å². The Balaban J connectivity index is 1.55.